The standard InChI is InChI=1S/C8H15N3O3/c1-4-12-8(2,3)7-10-6(5-13-9)14-11-7/h4-5,9H2,1-3H3. The highest BCUT2D eigenvalue weighted by atomic mass is 16.6. The van der Waals surface area contributed by atoms with E-state index >= 15 is 0 Å². The number of aromatic nitrogens is 2. The minimum absolute atomic E-state index is 0.106. The van der Waals surface area contributed by atoms with Crippen LogP contribution >= 0.6 is 0 Å². The first-order valence-electron chi connectivity index (χ1n) is 4.39. The third kappa shape index (κ3) is 2.50. The van der Waals surface area contributed by atoms with E-state index in [4.69, 9.17) is 15.2 Å². The van der Waals surface area contributed by atoms with Crippen molar-refractivity contribution in [1.29, 1.82) is 0 Å². The normalized spacial score (nSPS) is 12.0. The van der Waals surface area contributed by atoms with Crippen molar-refractivity contribution in [3.8, 4) is 0 Å². The fourth-order valence-electron chi connectivity index (χ4n) is 1.05. The SMILES string of the molecule is CCOC(C)(C)c1noc(CON)n1. The van der Waals surface area contributed by atoms with Gasteiger partial charge in [-0.15, -0.1) is 0 Å². The van der Waals surface area contributed by atoms with E-state index in [0.717, 1.165) is 0 Å². The summed E-state index contributed by atoms with van der Waals surface area (Å²) in [5.74, 6) is 5.71. The number of hydrogen-bond donors (Lipinski definition) is 1. The van der Waals surface area contributed by atoms with Crippen LogP contribution < -0.4 is 5.90 Å². The maximum absolute atomic E-state index is 5.45. The highest BCUT2D eigenvalue weighted by Gasteiger charge is 2.26. The molecule has 0 radical (unpaired) electrons. The molecule has 80 valence electrons. The lowest BCUT2D eigenvalue weighted by Crippen LogP contribution is -2.23. The smallest absolute Gasteiger partial charge is 0.254 e. The first-order chi connectivity index (χ1) is 6.60. The molecule has 2 N–H and O–H groups in total. The van der Waals surface area contributed by atoms with Crippen molar-refractivity contribution < 1.29 is 14.1 Å². The number of nitrogens with zero attached hydrogens (tertiary/aromatic N) is 2. The Hall–Kier alpha value is -0.980. The summed E-state index contributed by atoms with van der Waals surface area (Å²) in [6.07, 6.45) is 0. The van der Waals surface area contributed by atoms with Crippen LogP contribution in [0.4, 0.5) is 0 Å². The molecule has 1 heterocycles. The number of rotatable bonds is 5. The Labute approximate surface area is 82.3 Å². The van der Waals surface area contributed by atoms with Crippen LogP contribution in [0.5, 0.6) is 0 Å². The van der Waals surface area contributed by atoms with E-state index in [1.807, 2.05) is 20.8 Å². The Morgan fingerprint density at radius 1 is 1.50 bits per heavy atom. The molecule has 0 fully saturated rings. The second-order valence-corrected chi connectivity index (χ2v) is 3.27. The van der Waals surface area contributed by atoms with Gasteiger partial charge in [0.25, 0.3) is 5.89 Å². The minimum Gasteiger partial charge on any atom is -0.368 e. The number of nitrogens with two attached hydrogens (primary N) is 1. The summed E-state index contributed by atoms with van der Waals surface area (Å²) in [6.45, 7) is 6.34. The lowest BCUT2D eigenvalue weighted by atomic mass is 10.1. The quantitative estimate of drug-likeness (QED) is 0.707. The summed E-state index contributed by atoms with van der Waals surface area (Å²) in [5.41, 5.74) is -0.550. The fraction of sp³-hybridized carbons (Fsp3) is 0.750. The molecule has 0 aliphatic heterocycles. The Bertz CT molecular complexity index is 285. The van der Waals surface area contributed by atoms with Crippen molar-refractivity contribution in [1.82, 2.24) is 10.1 Å². The van der Waals surface area contributed by atoms with Gasteiger partial charge in [-0.25, -0.2) is 5.90 Å². The van der Waals surface area contributed by atoms with Gasteiger partial charge in [0, 0.05) is 6.61 Å². The molecule has 1 aromatic heterocycles. The van der Waals surface area contributed by atoms with Crippen LogP contribution in [0, 0.1) is 0 Å². The molecule has 0 unspecified atom stereocenters. The number of ether oxygens (including phenoxy) is 1. The molecular weight excluding hydrogens is 186 g/mol. The molecule has 0 atom stereocenters. The lowest BCUT2D eigenvalue weighted by Gasteiger charge is -2.19. The lowest BCUT2D eigenvalue weighted by molar-refractivity contribution is -0.0221. The molecule has 0 saturated heterocycles. The zero-order valence-corrected chi connectivity index (χ0v) is 8.61. The van der Waals surface area contributed by atoms with Crippen molar-refractivity contribution in [2.24, 2.45) is 5.90 Å². The first kappa shape index (κ1) is 11.1. The zero-order valence-electron chi connectivity index (χ0n) is 8.61. The maximum atomic E-state index is 5.45. The predicted molar refractivity (Wildman–Crippen MR) is 47.9 cm³/mol. The largest absolute Gasteiger partial charge is 0.368 e. The molecule has 0 aromatic carbocycles. The van der Waals surface area contributed by atoms with E-state index in [0.29, 0.717) is 18.3 Å². The van der Waals surface area contributed by atoms with Gasteiger partial charge in [-0.05, 0) is 20.8 Å². The molecule has 1 rings (SSSR count). The summed E-state index contributed by atoms with van der Waals surface area (Å²) in [6, 6.07) is 0. The van der Waals surface area contributed by atoms with Gasteiger partial charge < -0.3 is 9.26 Å². The van der Waals surface area contributed by atoms with Crippen molar-refractivity contribution >= 4 is 0 Å². The Balaban J connectivity index is 2.74. The molecular formula is C8H15N3O3. The Morgan fingerprint density at radius 2 is 2.21 bits per heavy atom. The van der Waals surface area contributed by atoms with Gasteiger partial charge in [-0.2, -0.15) is 4.98 Å². The summed E-state index contributed by atoms with van der Waals surface area (Å²) >= 11 is 0. The van der Waals surface area contributed by atoms with Gasteiger partial charge in [0.15, 0.2) is 0 Å². The van der Waals surface area contributed by atoms with Crippen LogP contribution in [0.1, 0.15) is 32.5 Å². The van der Waals surface area contributed by atoms with Crippen LogP contribution in [0.2, 0.25) is 0 Å². The first-order valence-corrected chi connectivity index (χ1v) is 4.39. The second-order valence-electron chi connectivity index (χ2n) is 3.27. The summed E-state index contributed by atoms with van der Waals surface area (Å²) in [7, 11) is 0. The van der Waals surface area contributed by atoms with E-state index in [2.05, 4.69) is 15.0 Å². The molecule has 14 heavy (non-hydrogen) atoms. The molecule has 0 spiro atoms. The van der Waals surface area contributed by atoms with Crippen molar-refractivity contribution in [2.75, 3.05) is 6.61 Å². The summed E-state index contributed by atoms with van der Waals surface area (Å²) in [4.78, 5) is 8.46. The Kier molecular flexibility index (Phi) is 3.56. The van der Waals surface area contributed by atoms with E-state index in [1.54, 1.807) is 0 Å². The van der Waals surface area contributed by atoms with Crippen molar-refractivity contribution in [3.05, 3.63) is 11.7 Å². The van der Waals surface area contributed by atoms with E-state index in [-0.39, 0.29) is 6.61 Å². The minimum atomic E-state index is -0.550. The highest BCUT2D eigenvalue weighted by Crippen LogP contribution is 2.21. The molecule has 6 heteroatoms. The van der Waals surface area contributed by atoms with Gasteiger partial charge in [-0.3, -0.25) is 4.84 Å². The van der Waals surface area contributed by atoms with E-state index < -0.39 is 5.60 Å². The fourth-order valence-corrected chi connectivity index (χ4v) is 1.05. The van der Waals surface area contributed by atoms with Crippen LogP contribution in [0.15, 0.2) is 4.52 Å². The maximum Gasteiger partial charge on any atom is 0.254 e. The van der Waals surface area contributed by atoms with Crippen LogP contribution in [0.3, 0.4) is 0 Å². The average Bonchev–Trinajstić information content (AvgIpc) is 2.54. The molecule has 1 aromatic rings. The molecule has 0 saturated carbocycles. The van der Waals surface area contributed by atoms with Gasteiger partial charge in [0.2, 0.25) is 5.82 Å². The highest BCUT2D eigenvalue weighted by molar-refractivity contribution is 4.96. The zero-order chi connectivity index (χ0) is 10.6. The van der Waals surface area contributed by atoms with E-state index in [9.17, 15) is 0 Å². The monoisotopic (exact) mass is 201 g/mol. The van der Waals surface area contributed by atoms with Gasteiger partial charge in [-0.1, -0.05) is 5.16 Å². The van der Waals surface area contributed by atoms with Gasteiger partial charge in [0.1, 0.15) is 12.2 Å². The number of hydrogen-bond acceptors (Lipinski definition) is 6. The van der Waals surface area contributed by atoms with Crippen molar-refractivity contribution in [2.45, 2.75) is 33.0 Å². The molecule has 0 aliphatic carbocycles. The molecule has 6 nitrogen and oxygen atoms in total. The van der Waals surface area contributed by atoms with Crippen LogP contribution in [0.25, 0.3) is 0 Å². The molecule has 0 bridgehead atoms. The average molecular weight is 201 g/mol. The van der Waals surface area contributed by atoms with Crippen LogP contribution in [-0.2, 0) is 21.8 Å². The molecule has 0 aliphatic rings. The molecule has 0 amide bonds. The van der Waals surface area contributed by atoms with E-state index in [1.165, 1.54) is 0 Å². The van der Waals surface area contributed by atoms with Gasteiger partial charge in [0.05, 0.1) is 0 Å². The topological polar surface area (TPSA) is 83.4 Å². The third-order valence-electron chi connectivity index (χ3n) is 1.72. The third-order valence-corrected chi connectivity index (χ3v) is 1.72. The summed E-state index contributed by atoms with van der Waals surface area (Å²) in [5, 5.41) is 3.78. The second kappa shape index (κ2) is 4.50. The van der Waals surface area contributed by atoms with Gasteiger partial charge >= 0.3 is 0 Å². The van der Waals surface area contributed by atoms with Crippen LogP contribution in [-0.4, -0.2) is 16.7 Å². The Morgan fingerprint density at radius 3 is 2.79 bits per heavy atom. The van der Waals surface area contributed by atoms with Crippen molar-refractivity contribution in [3.63, 3.8) is 0 Å². The summed E-state index contributed by atoms with van der Waals surface area (Å²) < 4.78 is 10.3. The predicted octanol–water partition coefficient (Wildman–Crippen LogP) is 0.732.